The first-order valence-corrected chi connectivity index (χ1v) is 3.11. The molecule has 0 aliphatic rings. The molecule has 0 aliphatic carbocycles. The molecule has 0 aromatic heterocycles. The summed E-state index contributed by atoms with van der Waals surface area (Å²) in [5.74, 6) is -2.46. The monoisotopic (exact) mass is 174 g/mol. The number of carbonyl (C=O) groups excluding carboxylic acids is 2. The van der Waals surface area contributed by atoms with Crippen LogP contribution in [0.1, 0.15) is 6.92 Å². The zero-order chi connectivity index (χ0) is 9.72. The molecule has 0 aromatic rings. The van der Waals surface area contributed by atoms with Gasteiger partial charge < -0.3 is 14.6 Å². The Bertz CT molecular complexity index is 204. The molecule has 0 heterocycles. The van der Waals surface area contributed by atoms with Crippen molar-refractivity contribution in [1.29, 1.82) is 0 Å². The zero-order valence-electron chi connectivity index (χ0n) is 7.08. The molecule has 68 valence electrons. The Morgan fingerprint density at radius 1 is 1.08 bits per heavy atom. The first-order chi connectivity index (χ1) is 5.54. The molecule has 0 aliphatic heterocycles. The minimum Gasteiger partial charge on any atom is -0.501 e. The van der Waals surface area contributed by atoms with Crippen LogP contribution in [0.3, 0.4) is 0 Å². The average molecular weight is 174 g/mol. The van der Waals surface area contributed by atoms with Crippen LogP contribution in [-0.2, 0) is 19.1 Å². The molecule has 0 spiro atoms. The first kappa shape index (κ1) is 10.5. The minimum atomic E-state index is -0.960. The van der Waals surface area contributed by atoms with Gasteiger partial charge in [0.05, 0.1) is 19.8 Å². The Hall–Kier alpha value is -1.52. The summed E-state index contributed by atoms with van der Waals surface area (Å²) in [4.78, 5) is 21.4. The second kappa shape index (κ2) is 4.38. The van der Waals surface area contributed by atoms with Gasteiger partial charge in [-0.15, -0.1) is 0 Å². The number of methoxy groups -OCH3 is 2. The molecule has 0 saturated carbocycles. The van der Waals surface area contributed by atoms with Gasteiger partial charge in [0.25, 0.3) is 0 Å². The van der Waals surface area contributed by atoms with E-state index in [-0.39, 0.29) is 5.57 Å². The molecule has 5 heteroatoms. The van der Waals surface area contributed by atoms with E-state index in [9.17, 15) is 9.59 Å². The van der Waals surface area contributed by atoms with Gasteiger partial charge in [0.15, 0.2) is 0 Å². The Kier molecular flexibility index (Phi) is 3.82. The van der Waals surface area contributed by atoms with E-state index in [1.165, 1.54) is 6.92 Å². The van der Waals surface area contributed by atoms with E-state index in [1.807, 2.05) is 0 Å². The zero-order valence-corrected chi connectivity index (χ0v) is 7.08. The molecule has 0 fully saturated rings. The molecule has 0 atom stereocenters. The van der Waals surface area contributed by atoms with Crippen LogP contribution >= 0.6 is 0 Å². The van der Waals surface area contributed by atoms with Gasteiger partial charge in [0, 0.05) is 0 Å². The van der Waals surface area contributed by atoms with E-state index in [2.05, 4.69) is 9.47 Å². The Morgan fingerprint density at radius 3 is 1.83 bits per heavy atom. The summed E-state index contributed by atoms with van der Waals surface area (Å²) in [6.07, 6.45) is 0. The number of rotatable bonds is 2. The number of hydrogen-bond donors (Lipinski definition) is 1. The third-order valence-electron chi connectivity index (χ3n) is 1.23. The van der Waals surface area contributed by atoms with E-state index in [1.54, 1.807) is 0 Å². The summed E-state index contributed by atoms with van der Waals surface area (Å²) < 4.78 is 8.44. The Morgan fingerprint density at radius 2 is 1.50 bits per heavy atom. The lowest BCUT2D eigenvalue weighted by atomic mass is 10.2. The first-order valence-electron chi connectivity index (χ1n) is 3.11. The molecule has 5 nitrogen and oxygen atoms in total. The highest BCUT2D eigenvalue weighted by Gasteiger charge is 2.16. The largest absolute Gasteiger partial charge is 0.501 e. The highest BCUT2D eigenvalue weighted by Crippen LogP contribution is 2.03. The standard InChI is InChI=1S/C7H10O5/c1-4(6(9)11-2)5(8)7(10)12-3/h8H,1-3H3/b5-4-. The molecule has 0 unspecified atom stereocenters. The van der Waals surface area contributed by atoms with Crippen LogP contribution in [0, 0.1) is 0 Å². The molecule has 0 radical (unpaired) electrons. The van der Waals surface area contributed by atoms with Crippen molar-refractivity contribution < 1.29 is 24.2 Å². The maximum atomic E-state index is 10.7. The van der Waals surface area contributed by atoms with Crippen molar-refractivity contribution in [3.63, 3.8) is 0 Å². The molecule has 0 rings (SSSR count). The molecular formula is C7H10O5. The number of esters is 2. The molecule has 0 amide bonds. The fraction of sp³-hybridized carbons (Fsp3) is 0.429. The summed E-state index contributed by atoms with van der Waals surface area (Å²) in [6.45, 7) is 1.26. The molecule has 12 heavy (non-hydrogen) atoms. The van der Waals surface area contributed by atoms with Crippen molar-refractivity contribution in [2.45, 2.75) is 6.92 Å². The van der Waals surface area contributed by atoms with Crippen LogP contribution < -0.4 is 0 Å². The number of hydrogen-bond acceptors (Lipinski definition) is 5. The highest BCUT2D eigenvalue weighted by molar-refractivity contribution is 5.98. The normalized spacial score (nSPS) is 11.6. The summed E-state index contributed by atoms with van der Waals surface area (Å²) in [5, 5.41) is 8.99. The van der Waals surface area contributed by atoms with Crippen molar-refractivity contribution in [1.82, 2.24) is 0 Å². The maximum absolute atomic E-state index is 10.7. The van der Waals surface area contributed by atoms with Gasteiger partial charge in [-0.3, -0.25) is 0 Å². The van der Waals surface area contributed by atoms with Crippen molar-refractivity contribution in [2.24, 2.45) is 0 Å². The Balaban J connectivity index is 4.68. The van der Waals surface area contributed by atoms with Gasteiger partial charge in [0.2, 0.25) is 5.76 Å². The van der Waals surface area contributed by atoms with Crippen molar-refractivity contribution in [3.05, 3.63) is 11.3 Å². The SMILES string of the molecule is COC(=O)/C(C)=C(\O)C(=O)OC. The summed E-state index contributed by atoms with van der Waals surface area (Å²) in [7, 11) is 2.25. The van der Waals surface area contributed by atoms with Crippen LogP contribution in [0.4, 0.5) is 0 Å². The van der Waals surface area contributed by atoms with E-state index >= 15 is 0 Å². The van der Waals surface area contributed by atoms with Crippen LogP contribution in [0.2, 0.25) is 0 Å². The van der Waals surface area contributed by atoms with Crippen LogP contribution in [0.5, 0.6) is 0 Å². The van der Waals surface area contributed by atoms with Crippen molar-refractivity contribution in [2.75, 3.05) is 14.2 Å². The van der Waals surface area contributed by atoms with Gasteiger partial charge in [-0.25, -0.2) is 9.59 Å². The van der Waals surface area contributed by atoms with E-state index in [0.29, 0.717) is 0 Å². The molecule has 0 aromatic carbocycles. The fourth-order valence-electron chi connectivity index (χ4n) is 0.500. The topological polar surface area (TPSA) is 72.8 Å². The summed E-state index contributed by atoms with van der Waals surface area (Å²) in [5.41, 5.74) is -0.177. The lowest BCUT2D eigenvalue weighted by molar-refractivity contribution is -0.141. The van der Waals surface area contributed by atoms with Gasteiger partial charge in [-0.2, -0.15) is 0 Å². The molecule has 1 N–H and O–H groups in total. The predicted octanol–water partition coefficient (Wildman–Crippen LogP) is 0.164. The summed E-state index contributed by atoms with van der Waals surface area (Å²) in [6, 6.07) is 0. The molecule has 0 saturated heterocycles. The minimum absolute atomic E-state index is 0.177. The van der Waals surface area contributed by atoms with E-state index in [0.717, 1.165) is 14.2 Å². The second-order valence-electron chi connectivity index (χ2n) is 1.96. The fourth-order valence-corrected chi connectivity index (χ4v) is 0.500. The summed E-state index contributed by atoms with van der Waals surface area (Å²) >= 11 is 0. The van der Waals surface area contributed by atoms with Crippen LogP contribution in [0.25, 0.3) is 0 Å². The van der Waals surface area contributed by atoms with Gasteiger partial charge in [0.1, 0.15) is 0 Å². The molecular weight excluding hydrogens is 164 g/mol. The lowest BCUT2D eigenvalue weighted by Gasteiger charge is -2.01. The number of aliphatic hydroxyl groups is 1. The maximum Gasteiger partial charge on any atom is 0.373 e. The van der Waals surface area contributed by atoms with Crippen LogP contribution in [-0.4, -0.2) is 31.3 Å². The van der Waals surface area contributed by atoms with Gasteiger partial charge >= 0.3 is 11.9 Å². The smallest absolute Gasteiger partial charge is 0.373 e. The van der Waals surface area contributed by atoms with E-state index < -0.39 is 17.7 Å². The number of ether oxygens (including phenoxy) is 2. The second-order valence-corrected chi connectivity index (χ2v) is 1.96. The quantitative estimate of drug-likeness (QED) is 0.367. The van der Waals surface area contributed by atoms with Gasteiger partial charge in [-0.1, -0.05) is 0 Å². The molecule has 0 bridgehead atoms. The van der Waals surface area contributed by atoms with Crippen molar-refractivity contribution >= 4 is 11.9 Å². The highest BCUT2D eigenvalue weighted by atomic mass is 16.5. The van der Waals surface area contributed by atoms with Crippen LogP contribution in [0.15, 0.2) is 11.3 Å². The third kappa shape index (κ3) is 2.26. The average Bonchev–Trinajstić information content (AvgIpc) is 2.12. The lowest BCUT2D eigenvalue weighted by Crippen LogP contribution is -2.12. The number of aliphatic hydroxyl groups excluding tert-OH is 1. The van der Waals surface area contributed by atoms with Gasteiger partial charge in [-0.05, 0) is 6.92 Å². The number of carbonyl (C=O) groups is 2. The third-order valence-corrected chi connectivity index (χ3v) is 1.23. The predicted molar refractivity (Wildman–Crippen MR) is 39.4 cm³/mol. The Labute approximate surface area is 69.6 Å². The van der Waals surface area contributed by atoms with E-state index in [4.69, 9.17) is 5.11 Å². The van der Waals surface area contributed by atoms with Crippen molar-refractivity contribution in [3.8, 4) is 0 Å².